The van der Waals surface area contributed by atoms with Crippen LogP contribution >= 0.6 is 0 Å². The van der Waals surface area contributed by atoms with Crippen LogP contribution in [0.1, 0.15) is 6.42 Å². The third-order valence-corrected chi connectivity index (χ3v) is 3.55. The molecule has 1 fully saturated rings. The molecule has 0 aliphatic carbocycles. The lowest BCUT2D eigenvalue weighted by Crippen LogP contribution is -2.25. The van der Waals surface area contributed by atoms with Crippen LogP contribution in [0.4, 0.5) is 11.4 Å². The summed E-state index contributed by atoms with van der Waals surface area (Å²) in [6.07, 6.45) is 5.81. The summed E-state index contributed by atoms with van der Waals surface area (Å²) in [4.78, 5) is 13.7. The van der Waals surface area contributed by atoms with Crippen molar-refractivity contribution in [3.8, 4) is 12.3 Å². The molecule has 1 amide bonds. The number of nitrogens with zero attached hydrogens (tertiary/aromatic N) is 1. The molecule has 0 aromatic heterocycles. The van der Waals surface area contributed by atoms with Gasteiger partial charge < -0.3 is 10.6 Å². The van der Waals surface area contributed by atoms with Crippen LogP contribution in [0.15, 0.2) is 36.4 Å². The molecular weight excluding hydrogens is 236 g/mol. The SMILES string of the molecule is C#CC1CC(=O)N(c2cc3ccccc3cc2N)C1. The van der Waals surface area contributed by atoms with Crippen molar-refractivity contribution in [2.24, 2.45) is 5.92 Å². The van der Waals surface area contributed by atoms with Gasteiger partial charge in [0.1, 0.15) is 0 Å². The monoisotopic (exact) mass is 250 g/mol. The molecule has 2 N–H and O–H groups in total. The van der Waals surface area contributed by atoms with Gasteiger partial charge in [0, 0.05) is 18.9 Å². The number of fused-ring (bicyclic) bond motifs is 1. The normalized spacial score (nSPS) is 18.8. The molecule has 1 saturated heterocycles. The molecule has 3 heteroatoms. The van der Waals surface area contributed by atoms with Gasteiger partial charge in [-0.1, -0.05) is 24.3 Å². The summed E-state index contributed by atoms with van der Waals surface area (Å²) in [6.45, 7) is 0.553. The number of nitrogen functional groups attached to an aromatic ring is 1. The molecular formula is C16H14N2O. The number of hydrogen-bond donors (Lipinski definition) is 1. The first kappa shape index (κ1) is 11.6. The first-order valence-corrected chi connectivity index (χ1v) is 6.24. The van der Waals surface area contributed by atoms with Crippen LogP contribution in [0.3, 0.4) is 0 Å². The van der Waals surface area contributed by atoms with E-state index in [0.29, 0.717) is 18.7 Å². The van der Waals surface area contributed by atoms with E-state index >= 15 is 0 Å². The van der Waals surface area contributed by atoms with Crippen LogP contribution in [0, 0.1) is 18.3 Å². The zero-order chi connectivity index (χ0) is 13.4. The van der Waals surface area contributed by atoms with Gasteiger partial charge >= 0.3 is 0 Å². The highest BCUT2D eigenvalue weighted by atomic mass is 16.2. The summed E-state index contributed by atoms with van der Waals surface area (Å²) < 4.78 is 0. The molecule has 1 aliphatic heterocycles. The molecule has 1 heterocycles. The highest BCUT2D eigenvalue weighted by Crippen LogP contribution is 2.33. The van der Waals surface area contributed by atoms with Gasteiger partial charge in [-0.2, -0.15) is 0 Å². The van der Waals surface area contributed by atoms with E-state index in [1.54, 1.807) is 4.90 Å². The van der Waals surface area contributed by atoms with Crippen molar-refractivity contribution in [1.29, 1.82) is 0 Å². The highest BCUT2D eigenvalue weighted by Gasteiger charge is 2.30. The second-order valence-corrected chi connectivity index (χ2v) is 4.83. The smallest absolute Gasteiger partial charge is 0.228 e. The zero-order valence-electron chi connectivity index (χ0n) is 10.5. The Balaban J connectivity index is 2.08. The summed E-state index contributed by atoms with van der Waals surface area (Å²) in [5.41, 5.74) is 7.45. The van der Waals surface area contributed by atoms with Gasteiger partial charge in [-0.25, -0.2) is 0 Å². The lowest BCUT2D eigenvalue weighted by atomic mass is 10.1. The molecule has 2 aromatic rings. The molecule has 1 aliphatic rings. The number of benzene rings is 2. The molecule has 2 aromatic carbocycles. The van der Waals surface area contributed by atoms with Crippen molar-refractivity contribution >= 4 is 28.1 Å². The molecule has 1 atom stereocenters. The Hall–Kier alpha value is -2.47. The highest BCUT2D eigenvalue weighted by molar-refractivity contribution is 6.02. The van der Waals surface area contributed by atoms with Crippen molar-refractivity contribution in [2.45, 2.75) is 6.42 Å². The molecule has 0 bridgehead atoms. The van der Waals surface area contributed by atoms with Gasteiger partial charge in [0.05, 0.1) is 11.4 Å². The maximum atomic E-state index is 12.0. The number of carbonyl (C=O) groups excluding carboxylic acids is 1. The molecule has 0 radical (unpaired) electrons. The fraction of sp³-hybridized carbons (Fsp3) is 0.188. The number of anilines is 2. The minimum atomic E-state index is -0.0154. The molecule has 0 saturated carbocycles. The van der Waals surface area contributed by atoms with E-state index in [4.69, 9.17) is 12.2 Å². The van der Waals surface area contributed by atoms with Gasteiger partial charge in [0.15, 0.2) is 0 Å². The first-order valence-electron chi connectivity index (χ1n) is 6.24. The van der Waals surface area contributed by atoms with Crippen molar-refractivity contribution in [2.75, 3.05) is 17.2 Å². The molecule has 3 nitrogen and oxygen atoms in total. The quantitative estimate of drug-likeness (QED) is 0.624. The Morgan fingerprint density at radius 1 is 1.26 bits per heavy atom. The van der Waals surface area contributed by atoms with E-state index < -0.39 is 0 Å². The Bertz CT molecular complexity index is 699. The van der Waals surface area contributed by atoms with Crippen molar-refractivity contribution in [1.82, 2.24) is 0 Å². The summed E-state index contributed by atoms with van der Waals surface area (Å²) in [6, 6.07) is 11.8. The predicted molar refractivity (Wildman–Crippen MR) is 77.7 cm³/mol. The van der Waals surface area contributed by atoms with Crippen LogP contribution in [0.2, 0.25) is 0 Å². The van der Waals surface area contributed by atoms with E-state index in [9.17, 15) is 4.79 Å². The summed E-state index contributed by atoms with van der Waals surface area (Å²) >= 11 is 0. The average Bonchev–Trinajstić information content (AvgIpc) is 2.79. The molecule has 19 heavy (non-hydrogen) atoms. The molecule has 3 rings (SSSR count). The second-order valence-electron chi connectivity index (χ2n) is 4.83. The summed E-state index contributed by atoms with van der Waals surface area (Å²) in [5.74, 6) is 2.68. The van der Waals surface area contributed by atoms with Gasteiger partial charge in [-0.3, -0.25) is 4.79 Å². The topological polar surface area (TPSA) is 46.3 Å². The maximum Gasteiger partial charge on any atom is 0.228 e. The van der Waals surface area contributed by atoms with Crippen LogP contribution in [-0.4, -0.2) is 12.5 Å². The van der Waals surface area contributed by atoms with Gasteiger partial charge in [-0.05, 0) is 22.9 Å². The fourth-order valence-corrected chi connectivity index (χ4v) is 2.53. The lowest BCUT2D eigenvalue weighted by molar-refractivity contribution is -0.117. The van der Waals surface area contributed by atoms with Crippen molar-refractivity contribution in [3.05, 3.63) is 36.4 Å². The van der Waals surface area contributed by atoms with Gasteiger partial charge in [-0.15, -0.1) is 12.3 Å². The molecule has 94 valence electrons. The summed E-state index contributed by atoms with van der Waals surface area (Å²) in [5, 5.41) is 2.15. The van der Waals surface area contributed by atoms with Crippen LogP contribution in [-0.2, 0) is 4.79 Å². The lowest BCUT2D eigenvalue weighted by Gasteiger charge is -2.19. The number of rotatable bonds is 1. The molecule has 0 spiro atoms. The van der Waals surface area contributed by atoms with Crippen LogP contribution < -0.4 is 10.6 Å². The maximum absolute atomic E-state index is 12.0. The third kappa shape index (κ3) is 1.92. The van der Waals surface area contributed by atoms with Gasteiger partial charge in [0.2, 0.25) is 5.91 Å². The third-order valence-electron chi connectivity index (χ3n) is 3.55. The number of amides is 1. The number of carbonyl (C=O) groups is 1. The minimum absolute atomic E-state index is 0.0154. The van der Waals surface area contributed by atoms with E-state index in [-0.39, 0.29) is 11.8 Å². The average molecular weight is 250 g/mol. The fourth-order valence-electron chi connectivity index (χ4n) is 2.53. The zero-order valence-corrected chi connectivity index (χ0v) is 10.5. The van der Waals surface area contributed by atoms with Crippen LogP contribution in [0.5, 0.6) is 0 Å². The Labute approximate surface area is 112 Å². The predicted octanol–water partition coefficient (Wildman–Crippen LogP) is 2.41. The number of hydrogen-bond acceptors (Lipinski definition) is 2. The minimum Gasteiger partial charge on any atom is -0.397 e. The van der Waals surface area contributed by atoms with E-state index in [0.717, 1.165) is 16.5 Å². The Morgan fingerprint density at radius 3 is 2.58 bits per heavy atom. The van der Waals surface area contributed by atoms with E-state index in [1.807, 2.05) is 36.4 Å². The van der Waals surface area contributed by atoms with Gasteiger partial charge in [0.25, 0.3) is 0 Å². The van der Waals surface area contributed by atoms with E-state index in [2.05, 4.69) is 5.92 Å². The number of nitrogens with two attached hydrogens (primary N) is 1. The number of terminal acetylenes is 1. The second kappa shape index (κ2) is 4.33. The first-order chi connectivity index (χ1) is 9.19. The largest absolute Gasteiger partial charge is 0.397 e. The Morgan fingerprint density at radius 2 is 1.95 bits per heavy atom. The van der Waals surface area contributed by atoms with Crippen LogP contribution in [0.25, 0.3) is 10.8 Å². The Kier molecular flexibility index (Phi) is 2.64. The summed E-state index contributed by atoms with van der Waals surface area (Å²) in [7, 11) is 0. The van der Waals surface area contributed by atoms with E-state index in [1.165, 1.54) is 0 Å². The standard InChI is InChI=1S/C16H14N2O/c1-2-11-7-16(19)18(10-11)15-9-13-6-4-3-5-12(13)8-14(15)17/h1,3-6,8-9,11H,7,10,17H2. The van der Waals surface area contributed by atoms with Crippen molar-refractivity contribution in [3.63, 3.8) is 0 Å². The van der Waals surface area contributed by atoms with Crippen molar-refractivity contribution < 1.29 is 4.79 Å². The molecule has 1 unspecified atom stereocenters.